The molecule has 0 unspecified atom stereocenters. The van der Waals surface area contributed by atoms with E-state index in [4.69, 9.17) is 9.47 Å². The van der Waals surface area contributed by atoms with E-state index in [9.17, 15) is 9.59 Å². The standard InChI is InChI=1S/C23H32N4O4S/c1-15-11-27(13-22-24-8-9-32-22)16(2)14-31-20-7-6-18(25-17(3)28)10-19(20)23(29)26(4)12-21(15)30-5/h6-10,15-16,21H,11-14H2,1-5H3,(H,25,28)/t15-,16-,21-/m0/s1. The summed E-state index contributed by atoms with van der Waals surface area (Å²) < 4.78 is 11.9. The fraction of sp³-hybridized carbons (Fsp3) is 0.522. The maximum atomic E-state index is 13.3. The number of hydrogen-bond acceptors (Lipinski definition) is 7. The zero-order chi connectivity index (χ0) is 23.3. The number of carbonyl (C=O) groups is 2. The minimum Gasteiger partial charge on any atom is -0.491 e. The lowest BCUT2D eigenvalue weighted by molar-refractivity contribution is -0.114. The van der Waals surface area contributed by atoms with Gasteiger partial charge in [0.1, 0.15) is 17.4 Å². The molecule has 9 heteroatoms. The third-order valence-corrected chi connectivity index (χ3v) is 6.48. The summed E-state index contributed by atoms with van der Waals surface area (Å²) in [5.74, 6) is 0.315. The van der Waals surface area contributed by atoms with Gasteiger partial charge in [0.05, 0.1) is 18.2 Å². The van der Waals surface area contributed by atoms with E-state index in [2.05, 4.69) is 29.0 Å². The van der Waals surface area contributed by atoms with E-state index in [1.165, 1.54) is 6.92 Å². The summed E-state index contributed by atoms with van der Waals surface area (Å²) in [7, 11) is 3.45. The Bertz CT molecular complexity index is 921. The molecule has 0 radical (unpaired) electrons. The average molecular weight is 461 g/mol. The Balaban J connectivity index is 1.94. The van der Waals surface area contributed by atoms with Gasteiger partial charge in [-0.2, -0.15) is 0 Å². The number of nitrogens with one attached hydrogen (secondary N) is 1. The number of nitrogens with zero attached hydrogens (tertiary/aromatic N) is 3. The van der Waals surface area contributed by atoms with Gasteiger partial charge in [-0.25, -0.2) is 4.98 Å². The molecule has 1 aromatic heterocycles. The maximum absolute atomic E-state index is 13.3. The highest BCUT2D eigenvalue weighted by Crippen LogP contribution is 2.27. The van der Waals surface area contributed by atoms with Gasteiger partial charge in [0, 0.05) is 57.5 Å². The van der Waals surface area contributed by atoms with Gasteiger partial charge < -0.3 is 19.7 Å². The van der Waals surface area contributed by atoms with Crippen molar-refractivity contribution in [1.82, 2.24) is 14.8 Å². The highest BCUT2D eigenvalue weighted by Gasteiger charge is 2.28. The molecule has 0 saturated carbocycles. The van der Waals surface area contributed by atoms with Gasteiger partial charge in [0.15, 0.2) is 0 Å². The highest BCUT2D eigenvalue weighted by atomic mass is 32.1. The van der Waals surface area contributed by atoms with Crippen molar-refractivity contribution in [2.45, 2.75) is 39.5 Å². The largest absolute Gasteiger partial charge is 0.491 e. The normalized spacial score (nSPS) is 23.0. The second-order valence-electron chi connectivity index (χ2n) is 8.34. The Morgan fingerprint density at radius 2 is 2.12 bits per heavy atom. The van der Waals surface area contributed by atoms with Crippen molar-refractivity contribution < 1.29 is 19.1 Å². The van der Waals surface area contributed by atoms with Gasteiger partial charge in [-0.15, -0.1) is 11.3 Å². The van der Waals surface area contributed by atoms with Crippen LogP contribution in [0.15, 0.2) is 29.8 Å². The second kappa shape index (κ2) is 10.9. The summed E-state index contributed by atoms with van der Waals surface area (Å²) in [6, 6.07) is 5.25. The van der Waals surface area contributed by atoms with Crippen LogP contribution in [0.4, 0.5) is 5.69 Å². The van der Waals surface area contributed by atoms with E-state index in [1.54, 1.807) is 48.6 Å². The quantitative estimate of drug-likeness (QED) is 0.755. The van der Waals surface area contributed by atoms with E-state index >= 15 is 0 Å². The SMILES string of the molecule is CO[C@H]1CN(C)C(=O)c2cc(NC(C)=O)ccc2OC[C@H](C)N(Cc2nccs2)C[C@@H]1C. The van der Waals surface area contributed by atoms with Crippen molar-refractivity contribution in [2.24, 2.45) is 5.92 Å². The van der Waals surface area contributed by atoms with Crippen molar-refractivity contribution in [3.8, 4) is 5.75 Å². The third kappa shape index (κ3) is 6.05. The first-order valence-electron chi connectivity index (χ1n) is 10.7. The molecular formula is C23H32N4O4S. The van der Waals surface area contributed by atoms with E-state index in [1.807, 2.05) is 11.6 Å². The van der Waals surface area contributed by atoms with Gasteiger partial charge in [0.2, 0.25) is 5.91 Å². The predicted octanol–water partition coefficient (Wildman–Crippen LogP) is 3.11. The highest BCUT2D eigenvalue weighted by molar-refractivity contribution is 7.09. The number of ether oxygens (including phenoxy) is 2. The zero-order valence-electron chi connectivity index (χ0n) is 19.3. The molecule has 3 rings (SSSR count). The Hall–Kier alpha value is -2.49. The van der Waals surface area contributed by atoms with Crippen LogP contribution < -0.4 is 10.1 Å². The summed E-state index contributed by atoms with van der Waals surface area (Å²) in [6.07, 6.45) is 1.69. The Morgan fingerprint density at radius 1 is 1.34 bits per heavy atom. The minimum atomic E-state index is -0.195. The van der Waals surface area contributed by atoms with E-state index in [0.29, 0.717) is 30.2 Å². The number of methoxy groups -OCH3 is 1. The van der Waals surface area contributed by atoms with Crippen LogP contribution in [0.1, 0.15) is 36.1 Å². The lowest BCUT2D eigenvalue weighted by atomic mass is 10.0. The monoisotopic (exact) mass is 460 g/mol. The first kappa shape index (κ1) is 24.2. The topological polar surface area (TPSA) is 84.0 Å². The Labute approximate surface area is 193 Å². The molecule has 1 N–H and O–H groups in total. The number of likely N-dealkylation sites (N-methyl/N-ethyl adjacent to an activating group) is 1. The number of fused-ring (bicyclic) bond motifs is 1. The van der Waals surface area contributed by atoms with Crippen LogP contribution in [0, 0.1) is 5.92 Å². The lowest BCUT2D eigenvalue weighted by Crippen LogP contribution is -2.46. The molecule has 2 heterocycles. The summed E-state index contributed by atoms with van der Waals surface area (Å²) in [4.78, 5) is 33.2. The van der Waals surface area contributed by atoms with Crippen LogP contribution in [0.5, 0.6) is 5.75 Å². The number of benzene rings is 1. The molecule has 2 aromatic rings. The summed E-state index contributed by atoms with van der Waals surface area (Å²) in [6.45, 7) is 8.08. The van der Waals surface area contributed by atoms with Crippen LogP contribution in [0.2, 0.25) is 0 Å². The molecule has 1 aromatic carbocycles. The molecule has 174 valence electrons. The fourth-order valence-electron chi connectivity index (χ4n) is 3.86. The van der Waals surface area contributed by atoms with Gasteiger partial charge in [0.25, 0.3) is 5.91 Å². The van der Waals surface area contributed by atoms with Gasteiger partial charge in [-0.05, 0) is 31.0 Å². The van der Waals surface area contributed by atoms with E-state index < -0.39 is 0 Å². The number of thiazole rings is 1. The fourth-order valence-corrected chi connectivity index (χ4v) is 4.50. The number of anilines is 1. The van der Waals surface area contributed by atoms with Crippen LogP contribution >= 0.6 is 11.3 Å². The maximum Gasteiger partial charge on any atom is 0.257 e. The third-order valence-electron chi connectivity index (χ3n) is 5.72. The molecule has 0 spiro atoms. The molecule has 0 bridgehead atoms. The van der Waals surface area contributed by atoms with Crippen molar-refractivity contribution >= 4 is 28.8 Å². The van der Waals surface area contributed by atoms with Gasteiger partial charge in [-0.1, -0.05) is 6.92 Å². The molecule has 1 aliphatic heterocycles. The van der Waals surface area contributed by atoms with Crippen molar-refractivity contribution in [3.05, 3.63) is 40.3 Å². The first-order valence-corrected chi connectivity index (χ1v) is 11.6. The van der Waals surface area contributed by atoms with E-state index in [0.717, 1.165) is 18.1 Å². The zero-order valence-corrected chi connectivity index (χ0v) is 20.1. The summed E-state index contributed by atoms with van der Waals surface area (Å²) in [5, 5.41) is 5.78. The molecule has 0 aliphatic carbocycles. The van der Waals surface area contributed by atoms with Gasteiger partial charge in [-0.3, -0.25) is 14.5 Å². The molecule has 32 heavy (non-hydrogen) atoms. The molecule has 8 nitrogen and oxygen atoms in total. The number of amides is 2. The average Bonchev–Trinajstić information content (AvgIpc) is 3.27. The number of hydrogen-bond donors (Lipinski definition) is 1. The van der Waals surface area contributed by atoms with Crippen molar-refractivity contribution in [1.29, 1.82) is 0 Å². The molecule has 3 atom stereocenters. The summed E-state index contributed by atoms with van der Waals surface area (Å²) >= 11 is 1.64. The van der Waals surface area contributed by atoms with Crippen LogP contribution in [0.25, 0.3) is 0 Å². The number of aromatic nitrogens is 1. The molecule has 1 aliphatic rings. The predicted molar refractivity (Wildman–Crippen MR) is 125 cm³/mol. The molecule has 0 saturated heterocycles. The van der Waals surface area contributed by atoms with Crippen LogP contribution in [0.3, 0.4) is 0 Å². The first-order chi connectivity index (χ1) is 15.3. The Kier molecular flexibility index (Phi) is 8.22. The number of rotatable bonds is 4. The number of carbonyl (C=O) groups excluding carboxylic acids is 2. The van der Waals surface area contributed by atoms with Crippen LogP contribution in [-0.2, 0) is 16.1 Å². The van der Waals surface area contributed by atoms with Crippen LogP contribution in [-0.4, -0.2) is 72.6 Å². The van der Waals surface area contributed by atoms with E-state index in [-0.39, 0.29) is 29.9 Å². The lowest BCUT2D eigenvalue weighted by Gasteiger charge is -2.35. The summed E-state index contributed by atoms with van der Waals surface area (Å²) in [5.41, 5.74) is 0.976. The smallest absolute Gasteiger partial charge is 0.257 e. The Morgan fingerprint density at radius 3 is 2.78 bits per heavy atom. The molecule has 0 fully saturated rings. The van der Waals surface area contributed by atoms with Crippen molar-refractivity contribution in [3.63, 3.8) is 0 Å². The second-order valence-corrected chi connectivity index (χ2v) is 9.32. The van der Waals surface area contributed by atoms with Gasteiger partial charge >= 0.3 is 0 Å². The van der Waals surface area contributed by atoms with Crippen molar-refractivity contribution in [2.75, 3.05) is 39.2 Å². The minimum absolute atomic E-state index is 0.0917. The molecular weight excluding hydrogens is 428 g/mol. The molecule has 2 amide bonds.